The summed E-state index contributed by atoms with van der Waals surface area (Å²) in [7, 11) is -1.94. The van der Waals surface area contributed by atoms with E-state index in [1.54, 1.807) is 9.07 Å². The molecule has 0 heterocycles. The molecule has 0 amide bonds. The smallest absolute Gasteiger partial charge is 1.00 e. The van der Waals surface area contributed by atoms with Gasteiger partial charge in [-0.1, -0.05) is 0 Å². The van der Waals surface area contributed by atoms with Crippen molar-refractivity contribution in [3.63, 3.8) is 0 Å². The van der Waals surface area contributed by atoms with Gasteiger partial charge in [0.25, 0.3) is 0 Å². The Kier molecular flexibility index (Phi) is 10.2. The van der Waals surface area contributed by atoms with E-state index in [-0.39, 0.29) is 37.2 Å². The molecule has 1 aliphatic rings. The molecule has 0 aliphatic heterocycles. The fourth-order valence-electron chi connectivity index (χ4n) is 4.03. The van der Waals surface area contributed by atoms with Gasteiger partial charge in [-0.25, -0.2) is 0 Å². The van der Waals surface area contributed by atoms with Gasteiger partial charge in [0.1, 0.15) is 0 Å². The molecule has 0 nitrogen and oxygen atoms in total. The van der Waals surface area contributed by atoms with E-state index in [2.05, 4.69) is 108 Å². The van der Waals surface area contributed by atoms with Crippen LogP contribution in [0.1, 0.15) is 20.8 Å². The number of halogens is 3. The monoisotopic (exact) mass is 456 g/mol. The minimum atomic E-state index is -1.94. The van der Waals surface area contributed by atoms with Gasteiger partial charge in [0.2, 0.25) is 0 Å². The van der Waals surface area contributed by atoms with Crippen molar-refractivity contribution in [3.8, 4) is 0 Å². The Morgan fingerprint density at radius 1 is 0.731 bits per heavy atom. The van der Waals surface area contributed by atoms with Gasteiger partial charge in [0.15, 0.2) is 0 Å². The zero-order valence-corrected chi connectivity index (χ0v) is 20.3. The van der Waals surface area contributed by atoms with Crippen molar-refractivity contribution in [2.24, 2.45) is 5.92 Å². The molecular formula is C21H23Cl3SiTi. The summed E-state index contributed by atoms with van der Waals surface area (Å²) in [5, 5.41) is 4.70. The summed E-state index contributed by atoms with van der Waals surface area (Å²) in [4.78, 5) is 0. The SMILES string of the molecule is CC1=[C]([Ti+3])C(C)C([Si](C)(c2ccccc2)c2ccccc2)=C1C.[Cl-].[Cl-].[Cl-]. The first-order valence-corrected chi connectivity index (χ1v) is 11.5. The zero-order chi connectivity index (χ0) is 16.6. The van der Waals surface area contributed by atoms with Gasteiger partial charge >= 0.3 is 153 Å². The zero-order valence-electron chi connectivity index (χ0n) is 15.5. The average molecular weight is 458 g/mol. The first-order chi connectivity index (χ1) is 11.0. The molecular weight excluding hydrogens is 435 g/mol. The summed E-state index contributed by atoms with van der Waals surface area (Å²) in [6.07, 6.45) is 0. The largest absolute Gasteiger partial charge is 1.00 e. The van der Waals surface area contributed by atoms with Gasteiger partial charge in [0, 0.05) is 0 Å². The van der Waals surface area contributed by atoms with Crippen molar-refractivity contribution in [3.05, 3.63) is 80.9 Å². The summed E-state index contributed by atoms with van der Waals surface area (Å²) in [6, 6.07) is 22.3. The fourth-order valence-corrected chi connectivity index (χ4v) is 9.39. The molecule has 1 unspecified atom stereocenters. The first-order valence-electron chi connectivity index (χ1n) is 8.23. The van der Waals surface area contributed by atoms with E-state index in [1.807, 2.05) is 0 Å². The van der Waals surface area contributed by atoms with E-state index in [4.69, 9.17) is 0 Å². The Hall–Kier alpha value is -0.279. The van der Waals surface area contributed by atoms with Crippen molar-refractivity contribution in [1.82, 2.24) is 0 Å². The van der Waals surface area contributed by atoms with Crippen LogP contribution in [-0.2, 0) is 20.4 Å². The molecule has 0 saturated carbocycles. The maximum absolute atomic E-state index is 2.53. The van der Waals surface area contributed by atoms with Crippen LogP contribution >= 0.6 is 0 Å². The van der Waals surface area contributed by atoms with Crippen LogP contribution < -0.4 is 47.6 Å². The molecule has 0 bridgehead atoms. The summed E-state index contributed by atoms with van der Waals surface area (Å²) < 4.78 is 1.54. The van der Waals surface area contributed by atoms with E-state index >= 15 is 0 Å². The van der Waals surface area contributed by atoms with Crippen LogP contribution in [0.5, 0.6) is 0 Å². The third-order valence-electron chi connectivity index (χ3n) is 5.48. The molecule has 0 aromatic heterocycles. The summed E-state index contributed by atoms with van der Waals surface area (Å²) in [5.74, 6) is 0.548. The molecule has 1 atom stereocenters. The van der Waals surface area contributed by atoms with Gasteiger partial charge in [-0.2, -0.15) is 0 Å². The minimum Gasteiger partial charge on any atom is -1.00 e. The number of allylic oxidation sites excluding steroid dienone is 4. The predicted molar refractivity (Wildman–Crippen MR) is 98.3 cm³/mol. The Morgan fingerprint density at radius 3 is 1.42 bits per heavy atom. The Balaban J connectivity index is 0.00000208. The second-order valence-corrected chi connectivity index (χ2v) is 11.4. The van der Waals surface area contributed by atoms with E-state index in [1.165, 1.54) is 21.5 Å². The third-order valence-corrected chi connectivity index (χ3v) is 11.6. The molecule has 0 saturated heterocycles. The molecule has 0 fully saturated rings. The molecule has 0 radical (unpaired) electrons. The topological polar surface area (TPSA) is 0 Å². The normalized spacial score (nSPS) is 16.6. The van der Waals surface area contributed by atoms with Crippen LogP contribution in [0.3, 0.4) is 0 Å². The number of benzene rings is 2. The van der Waals surface area contributed by atoms with E-state index in [9.17, 15) is 0 Å². The maximum atomic E-state index is 2.53. The van der Waals surface area contributed by atoms with Gasteiger partial charge in [-0.3, -0.25) is 0 Å². The molecule has 0 N–H and O–H groups in total. The van der Waals surface area contributed by atoms with Gasteiger partial charge < -0.3 is 37.2 Å². The molecule has 1 aliphatic carbocycles. The molecule has 3 rings (SSSR count). The van der Waals surface area contributed by atoms with E-state index in [0.717, 1.165) is 0 Å². The molecule has 26 heavy (non-hydrogen) atoms. The second kappa shape index (κ2) is 10.3. The van der Waals surface area contributed by atoms with Crippen LogP contribution in [0.2, 0.25) is 6.55 Å². The third kappa shape index (κ3) is 4.24. The van der Waals surface area contributed by atoms with Crippen LogP contribution in [0.4, 0.5) is 0 Å². The van der Waals surface area contributed by atoms with Crippen molar-refractivity contribution < 1.29 is 57.7 Å². The van der Waals surface area contributed by atoms with Crippen LogP contribution in [0.15, 0.2) is 80.9 Å². The van der Waals surface area contributed by atoms with Crippen LogP contribution in [-0.4, -0.2) is 8.07 Å². The quantitative estimate of drug-likeness (QED) is 0.406. The molecule has 136 valence electrons. The molecule has 5 heteroatoms. The maximum Gasteiger partial charge on any atom is -1.00 e. The Labute approximate surface area is 189 Å². The molecule has 2 aromatic carbocycles. The van der Waals surface area contributed by atoms with Gasteiger partial charge in [0.05, 0.1) is 0 Å². The Bertz CT molecular complexity index is 746. The number of hydrogen-bond donors (Lipinski definition) is 0. The van der Waals surface area contributed by atoms with Crippen molar-refractivity contribution in [1.29, 1.82) is 0 Å². The van der Waals surface area contributed by atoms with Crippen molar-refractivity contribution in [2.75, 3.05) is 0 Å². The minimum absolute atomic E-state index is 0. The summed E-state index contributed by atoms with van der Waals surface area (Å²) in [6.45, 7) is 9.54. The summed E-state index contributed by atoms with van der Waals surface area (Å²) >= 11 is 2.31. The molecule has 2 aromatic rings. The fraction of sp³-hybridized carbons (Fsp3) is 0.238. The van der Waals surface area contributed by atoms with Gasteiger partial charge in [-0.15, -0.1) is 0 Å². The first kappa shape index (κ1) is 25.7. The second-order valence-electron chi connectivity index (χ2n) is 6.66. The number of rotatable bonds is 3. The average Bonchev–Trinajstić information content (AvgIpc) is 2.79. The van der Waals surface area contributed by atoms with Crippen LogP contribution in [0, 0.1) is 5.92 Å². The predicted octanol–water partition coefficient (Wildman–Crippen LogP) is -4.78. The number of hydrogen-bond acceptors (Lipinski definition) is 0. The van der Waals surface area contributed by atoms with E-state index in [0.29, 0.717) is 5.92 Å². The van der Waals surface area contributed by atoms with E-state index < -0.39 is 8.07 Å². The van der Waals surface area contributed by atoms with Crippen molar-refractivity contribution in [2.45, 2.75) is 27.3 Å². The van der Waals surface area contributed by atoms with Gasteiger partial charge in [-0.05, 0) is 0 Å². The van der Waals surface area contributed by atoms with Crippen molar-refractivity contribution >= 4 is 18.4 Å². The molecule has 0 spiro atoms. The summed E-state index contributed by atoms with van der Waals surface area (Å²) in [5.41, 5.74) is 3.02. The standard InChI is InChI=1S/C21H23Si.3ClH.Ti/c1-16-15-17(2)21(18(16)3)22(4,19-11-7-5-8-12-19)20-13-9-6-10-14-20;;;;/h5-14,17H,1-4H3;3*1H;/q;;;;+3/p-3. The van der Waals surface area contributed by atoms with Crippen LogP contribution in [0.25, 0.3) is 0 Å². The Morgan fingerprint density at radius 2 is 1.12 bits per heavy atom.